The van der Waals surface area contributed by atoms with Gasteiger partial charge in [0.05, 0.1) is 18.5 Å². The lowest BCUT2D eigenvalue weighted by Gasteiger charge is -2.10. The van der Waals surface area contributed by atoms with Crippen LogP contribution in [-0.2, 0) is 4.79 Å². The molecule has 7 heteroatoms. The Balaban J connectivity index is 2.30. The summed E-state index contributed by atoms with van der Waals surface area (Å²) in [4.78, 5) is 20.8. The summed E-state index contributed by atoms with van der Waals surface area (Å²) in [7, 11) is 1.52. The van der Waals surface area contributed by atoms with Gasteiger partial charge in [0, 0.05) is 24.2 Å². The molecule has 2 aromatic rings. The highest BCUT2D eigenvalue weighted by atomic mass is 16.5. The van der Waals surface area contributed by atoms with E-state index in [0.29, 0.717) is 22.7 Å². The molecule has 0 radical (unpaired) electrons. The molecule has 25 heavy (non-hydrogen) atoms. The van der Waals surface area contributed by atoms with Crippen molar-refractivity contribution in [2.45, 2.75) is 0 Å². The largest absolute Gasteiger partial charge is 0.495 e. The summed E-state index contributed by atoms with van der Waals surface area (Å²) in [5.74, 6) is 0.0596. The van der Waals surface area contributed by atoms with Crippen LogP contribution < -0.4 is 21.5 Å². The second-order valence-corrected chi connectivity index (χ2v) is 4.80. The number of aromatic nitrogens is 1. The minimum atomic E-state index is -0.473. The summed E-state index contributed by atoms with van der Waals surface area (Å²) >= 11 is 0. The van der Waals surface area contributed by atoms with Crippen molar-refractivity contribution in [2.24, 2.45) is 16.5 Å². The Labute approximate surface area is 145 Å². The van der Waals surface area contributed by atoms with Crippen LogP contribution in [0.2, 0.25) is 0 Å². The van der Waals surface area contributed by atoms with Crippen LogP contribution in [0.15, 0.2) is 78.0 Å². The second kappa shape index (κ2) is 8.88. The SMILES string of the molecule is COc1ccccc1NC(=O)C(=C/N)/N=C(\C=C/N)c1cccnc1. The zero-order valence-electron chi connectivity index (χ0n) is 13.7. The number of nitrogens with zero attached hydrogens (tertiary/aromatic N) is 2. The van der Waals surface area contributed by atoms with E-state index in [-0.39, 0.29) is 5.70 Å². The molecule has 1 aromatic carbocycles. The highest BCUT2D eigenvalue weighted by Crippen LogP contribution is 2.23. The number of amides is 1. The van der Waals surface area contributed by atoms with E-state index < -0.39 is 5.91 Å². The first kappa shape index (κ1) is 17.7. The first-order chi connectivity index (χ1) is 12.2. The van der Waals surface area contributed by atoms with Crippen molar-refractivity contribution in [2.75, 3.05) is 12.4 Å². The van der Waals surface area contributed by atoms with Gasteiger partial charge in [0.25, 0.3) is 5.91 Å². The summed E-state index contributed by atoms with van der Waals surface area (Å²) in [6.45, 7) is 0. The van der Waals surface area contributed by atoms with E-state index in [2.05, 4.69) is 15.3 Å². The van der Waals surface area contributed by atoms with Crippen molar-refractivity contribution < 1.29 is 9.53 Å². The fourth-order valence-electron chi connectivity index (χ4n) is 2.03. The molecule has 2 rings (SSSR count). The molecule has 0 atom stereocenters. The molecule has 0 saturated carbocycles. The molecule has 0 unspecified atom stereocenters. The fraction of sp³-hybridized carbons (Fsp3) is 0.0556. The van der Waals surface area contributed by atoms with Gasteiger partial charge in [0.1, 0.15) is 11.4 Å². The number of methoxy groups -OCH3 is 1. The second-order valence-electron chi connectivity index (χ2n) is 4.80. The van der Waals surface area contributed by atoms with E-state index in [1.54, 1.807) is 54.9 Å². The van der Waals surface area contributed by atoms with Gasteiger partial charge in [-0.05, 0) is 36.5 Å². The highest BCUT2D eigenvalue weighted by Gasteiger charge is 2.12. The minimum Gasteiger partial charge on any atom is -0.495 e. The zero-order valence-corrected chi connectivity index (χ0v) is 13.7. The van der Waals surface area contributed by atoms with E-state index >= 15 is 0 Å². The van der Waals surface area contributed by atoms with Crippen molar-refractivity contribution in [1.29, 1.82) is 0 Å². The highest BCUT2D eigenvalue weighted by molar-refractivity contribution is 6.12. The molecule has 1 heterocycles. The molecule has 0 fully saturated rings. The van der Waals surface area contributed by atoms with Gasteiger partial charge in [-0.1, -0.05) is 12.1 Å². The molecule has 0 aliphatic rings. The van der Waals surface area contributed by atoms with E-state index in [4.69, 9.17) is 16.2 Å². The molecule has 5 N–H and O–H groups in total. The van der Waals surface area contributed by atoms with Crippen molar-refractivity contribution in [3.63, 3.8) is 0 Å². The van der Waals surface area contributed by atoms with E-state index in [1.165, 1.54) is 13.3 Å². The number of benzene rings is 1. The number of hydrogen-bond donors (Lipinski definition) is 3. The number of nitrogens with two attached hydrogens (primary N) is 2. The molecular formula is C18H19N5O2. The molecule has 0 spiro atoms. The smallest absolute Gasteiger partial charge is 0.275 e. The number of anilines is 1. The van der Waals surface area contributed by atoms with Gasteiger partial charge in [-0.3, -0.25) is 9.78 Å². The van der Waals surface area contributed by atoms with Crippen molar-refractivity contribution >= 4 is 17.3 Å². The number of ether oxygens (including phenoxy) is 1. The average Bonchev–Trinajstić information content (AvgIpc) is 2.66. The van der Waals surface area contributed by atoms with Gasteiger partial charge in [-0.15, -0.1) is 0 Å². The fourth-order valence-corrected chi connectivity index (χ4v) is 2.03. The van der Waals surface area contributed by atoms with E-state index in [1.807, 2.05) is 0 Å². The van der Waals surface area contributed by atoms with Gasteiger partial charge in [-0.25, -0.2) is 4.99 Å². The number of allylic oxidation sites excluding steroid dienone is 1. The Hall–Kier alpha value is -3.61. The number of pyridine rings is 1. The zero-order chi connectivity index (χ0) is 18.1. The van der Waals surface area contributed by atoms with Crippen LogP contribution in [0.3, 0.4) is 0 Å². The van der Waals surface area contributed by atoms with Gasteiger partial charge in [0.2, 0.25) is 0 Å². The monoisotopic (exact) mass is 337 g/mol. The van der Waals surface area contributed by atoms with Crippen LogP contribution in [-0.4, -0.2) is 23.7 Å². The Morgan fingerprint density at radius 1 is 1.24 bits per heavy atom. The molecule has 1 amide bonds. The molecule has 1 aromatic heterocycles. The van der Waals surface area contributed by atoms with Gasteiger partial charge < -0.3 is 21.5 Å². The number of aliphatic imine (C=N–C) groups is 1. The number of carbonyl (C=O) groups excluding carboxylic acids is 1. The maximum absolute atomic E-state index is 12.5. The third kappa shape index (κ3) is 4.68. The van der Waals surface area contributed by atoms with Crippen molar-refractivity contribution in [1.82, 2.24) is 4.98 Å². The number of hydrogen-bond acceptors (Lipinski definition) is 6. The Bertz CT molecular complexity index is 813. The molecule has 7 nitrogen and oxygen atoms in total. The standard InChI is InChI=1S/C18H19N5O2/c1-25-17-7-3-2-6-15(17)23-18(24)16(11-20)22-14(8-9-19)13-5-4-10-21-12-13/h2-12H,19-20H2,1H3,(H,23,24)/b9-8-,16-11-,22-14+. The predicted octanol–water partition coefficient (Wildman–Crippen LogP) is 1.79. The molecule has 0 aliphatic heterocycles. The normalized spacial score (nSPS) is 12.2. The maximum Gasteiger partial charge on any atom is 0.275 e. The summed E-state index contributed by atoms with van der Waals surface area (Å²) in [5.41, 5.74) is 12.8. The minimum absolute atomic E-state index is 0.0304. The van der Waals surface area contributed by atoms with Crippen LogP contribution in [0.25, 0.3) is 0 Å². The molecular weight excluding hydrogens is 318 g/mol. The quantitative estimate of drug-likeness (QED) is 0.549. The Morgan fingerprint density at radius 2 is 2.04 bits per heavy atom. The maximum atomic E-state index is 12.5. The molecule has 128 valence electrons. The van der Waals surface area contributed by atoms with E-state index in [0.717, 1.165) is 6.20 Å². The van der Waals surface area contributed by atoms with Gasteiger partial charge in [-0.2, -0.15) is 0 Å². The Kier molecular flexibility index (Phi) is 6.30. The van der Waals surface area contributed by atoms with Crippen molar-refractivity contribution in [3.05, 3.63) is 78.5 Å². The first-order valence-corrected chi connectivity index (χ1v) is 7.43. The lowest BCUT2D eigenvalue weighted by atomic mass is 10.1. The van der Waals surface area contributed by atoms with Crippen LogP contribution in [0.4, 0.5) is 5.69 Å². The number of carbonyl (C=O) groups is 1. The topological polar surface area (TPSA) is 116 Å². The first-order valence-electron chi connectivity index (χ1n) is 7.43. The van der Waals surface area contributed by atoms with Crippen LogP contribution >= 0.6 is 0 Å². The van der Waals surface area contributed by atoms with Crippen molar-refractivity contribution in [3.8, 4) is 5.75 Å². The summed E-state index contributed by atoms with van der Waals surface area (Å²) in [5, 5.41) is 2.72. The summed E-state index contributed by atoms with van der Waals surface area (Å²) < 4.78 is 5.21. The lowest BCUT2D eigenvalue weighted by molar-refractivity contribution is -0.112. The predicted molar refractivity (Wildman–Crippen MR) is 98.0 cm³/mol. The summed E-state index contributed by atoms with van der Waals surface area (Å²) in [6.07, 6.45) is 7.28. The van der Waals surface area contributed by atoms with E-state index in [9.17, 15) is 4.79 Å². The third-order valence-corrected chi connectivity index (χ3v) is 3.20. The average molecular weight is 337 g/mol. The molecule has 0 bridgehead atoms. The summed E-state index contributed by atoms with van der Waals surface area (Å²) in [6, 6.07) is 10.6. The number of nitrogens with one attached hydrogen (secondary N) is 1. The van der Waals surface area contributed by atoms with Crippen LogP contribution in [0.1, 0.15) is 5.56 Å². The lowest BCUT2D eigenvalue weighted by Crippen LogP contribution is -2.16. The van der Waals surface area contributed by atoms with Gasteiger partial charge in [0.15, 0.2) is 0 Å². The molecule has 0 aliphatic carbocycles. The number of para-hydroxylation sites is 2. The van der Waals surface area contributed by atoms with Gasteiger partial charge >= 0.3 is 0 Å². The molecule has 0 saturated heterocycles. The van der Waals surface area contributed by atoms with Crippen LogP contribution in [0, 0.1) is 0 Å². The Morgan fingerprint density at radius 3 is 2.68 bits per heavy atom. The third-order valence-electron chi connectivity index (χ3n) is 3.20. The van der Waals surface area contributed by atoms with Crippen LogP contribution in [0.5, 0.6) is 5.75 Å². The number of rotatable bonds is 6.